The maximum Gasteiger partial charge on any atom is 0.0557 e. The van der Waals surface area contributed by atoms with E-state index in [4.69, 9.17) is 4.74 Å². The fourth-order valence-corrected chi connectivity index (χ4v) is 25.8. The second-order valence-electron chi connectivity index (χ2n) is 60.4. The van der Waals surface area contributed by atoms with E-state index in [1.807, 2.05) is 0 Å². The van der Waals surface area contributed by atoms with Gasteiger partial charge in [-0.1, -0.05) is 32.1 Å². The minimum atomic E-state index is 0.346. The number of hydrogen-bond acceptors (Lipinski definition) is 17. The average Bonchev–Trinajstić information content (AvgIpc) is 1.49. The second-order valence-corrected chi connectivity index (χ2v) is 60.4. The van der Waals surface area contributed by atoms with Gasteiger partial charge >= 0.3 is 0 Å². The molecule has 22 rings (SSSR count). The Balaban J connectivity index is 0.000000129. The molecular weight excluding hydrogens is 1590 g/mol. The predicted octanol–water partition coefficient (Wildman–Crippen LogP) is 19.2. The molecule has 0 aromatic carbocycles. The van der Waals surface area contributed by atoms with Crippen LogP contribution in [-0.2, 0) is 4.74 Å². The summed E-state index contributed by atoms with van der Waals surface area (Å²) in [5.74, 6) is 0. The van der Waals surface area contributed by atoms with Gasteiger partial charge in [-0.05, 0) is 419 Å². The molecule has 22 fully saturated rings. The summed E-state index contributed by atoms with van der Waals surface area (Å²) in [4.78, 5) is 36.1. The summed E-state index contributed by atoms with van der Waals surface area (Å²) in [6.45, 7) is 118. The van der Waals surface area contributed by atoms with Gasteiger partial charge in [0.2, 0.25) is 0 Å². The maximum absolute atomic E-state index is 5.29. The van der Waals surface area contributed by atoms with Crippen molar-refractivity contribution in [1.29, 1.82) is 0 Å². The van der Waals surface area contributed by atoms with Crippen molar-refractivity contribution >= 4 is 0 Å². The zero-order chi connectivity index (χ0) is 95.4. The molecule has 129 heavy (non-hydrogen) atoms. The third-order valence-corrected chi connectivity index (χ3v) is 37.7. The van der Waals surface area contributed by atoms with E-state index in [-0.39, 0.29) is 0 Å². The van der Waals surface area contributed by atoms with Crippen molar-refractivity contribution in [3.8, 4) is 0 Å². The summed E-state index contributed by atoms with van der Waals surface area (Å²) in [5, 5.41) is 6.86. The van der Waals surface area contributed by atoms with Crippen LogP contribution in [-0.4, -0.2) is 371 Å². The summed E-state index contributed by atoms with van der Waals surface area (Å²) in [5.41, 5.74) is 11.9. The minimum Gasteiger partial charge on any atom is -0.380 e. The lowest BCUT2D eigenvalue weighted by Gasteiger charge is -2.63. The Kier molecular flexibility index (Phi) is 31.8. The zero-order valence-electron chi connectivity index (χ0n) is 92.9. The van der Waals surface area contributed by atoms with E-state index in [1.54, 1.807) is 0 Å². The van der Waals surface area contributed by atoms with Gasteiger partial charge in [0, 0.05) is 257 Å². The van der Waals surface area contributed by atoms with Gasteiger partial charge in [-0.3, -0.25) is 58.8 Å². The third-order valence-electron chi connectivity index (χ3n) is 37.7. The Morgan fingerprint density at radius 1 is 0.194 bits per heavy atom. The lowest BCUT2D eigenvalue weighted by atomic mass is 9.62. The van der Waals surface area contributed by atoms with Crippen LogP contribution < -0.4 is 10.6 Å². The minimum absolute atomic E-state index is 0.346. The standard InChI is InChI=1S/C11H22N2.2C11H21N.3C10H20N2.C10H19NO.3C10H19N.C9H18N2/c1-10(2,3)13-6-5-11(9-13)7-12(4)8-11;2*1-10(2,3)12-8-7-11(9-12)5-4-6-11;1-9(2,3)12-7-10(8-12)5-11(4)6-10;1-9(2,3)12-6-5-10(8-12)7-11(10)4;1-9(2,3)12-5-4-10(8-12)6-11-7-10;1-9(2,3)11-5-4-10(6-11)7-12-8-10;3*1-9(2,3)11-7-10(8-11)5-4-6-10;1-8(2,3)11-5-4-9(7-11)6-10-9/h5-9H2,1-4H3;2*4-9H2,1-3H3;2*5-8H2,1-4H3;11H,4-8H2,1-3H3;4-8H2,1-3H3;3*4-8H2,1-3H3;10H,4-7H2,1-3H3. The first-order valence-corrected chi connectivity index (χ1v) is 54.3. The van der Waals surface area contributed by atoms with E-state index < -0.39 is 0 Å². The molecule has 17 heterocycles. The van der Waals surface area contributed by atoms with Gasteiger partial charge in [0.05, 0.1) is 13.2 Å². The van der Waals surface area contributed by atoms with Crippen LogP contribution in [0, 0.1) is 48.7 Å². The van der Waals surface area contributed by atoms with Crippen molar-refractivity contribution in [3.63, 3.8) is 0 Å². The summed E-state index contributed by atoms with van der Waals surface area (Å²) < 4.78 is 5.29. The van der Waals surface area contributed by atoms with Crippen LogP contribution in [0.25, 0.3) is 0 Å². The van der Waals surface area contributed by atoms with Gasteiger partial charge in [-0.2, -0.15) is 0 Å². The van der Waals surface area contributed by atoms with E-state index >= 15 is 0 Å². The van der Waals surface area contributed by atoms with Gasteiger partial charge in [0.15, 0.2) is 0 Å². The number of likely N-dealkylation sites (N-methyl/N-ethyl adjacent to an activating group) is 1. The largest absolute Gasteiger partial charge is 0.380 e. The molecule has 5 aliphatic carbocycles. The topological polar surface area (TPSA) is 88.3 Å². The number of likely N-dealkylation sites (tertiary alicyclic amines) is 13. The molecule has 0 radical (unpaired) electrons. The zero-order valence-corrected chi connectivity index (χ0v) is 92.9. The van der Waals surface area contributed by atoms with Gasteiger partial charge in [0.1, 0.15) is 0 Å². The fraction of sp³-hybridized carbons (Fsp3) is 1.00. The number of hydrogen-bond donors (Lipinski definition) is 2. The monoisotopic (exact) mass is 1800 g/mol. The average molecular weight is 1810 g/mol. The lowest BCUT2D eigenvalue weighted by Crippen LogP contribution is -2.73. The number of rotatable bonds is 0. The van der Waals surface area contributed by atoms with Crippen LogP contribution in [0.1, 0.15) is 370 Å². The number of ether oxygens (including phenoxy) is 1. The van der Waals surface area contributed by atoms with Crippen molar-refractivity contribution in [2.24, 2.45) is 48.7 Å². The molecular formula is C112H218N16O. The van der Waals surface area contributed by atoms with Gasteiger partial charge in [-0.25, -0.2) is 0 Å². The summed E-state index contributed by atoms with van der Waals surface area (Å²) >= 11 is 0. The molecule has 11 spiro atoms. The highest BCUT2D eigenvalue weighted by Crippen LogP contribution is 2.55. The molecule has 3 unspecified atom stereocenters. The van der Waals surface area contributed by atoms with E-state index in [9.17, 15) is 0 Å². The quantitative estimate of drug-likeness (QED) is 0.225. The summed E-state index contributed by atoms with van der Waals surface area (Å²) in [6, 6.07) is 0. The van der Waals surface area contributed by atoms with Gasteiger partial charge < -0.3 is 25.2 Å². The Hall–Kier alpha value is -0.680. The first-order chi connectivity index (χ1) is 58.9. The Morgan fingerprint density at radius 3 is 0.589 bits per heavy atom. The highest BCUT2D eigenvalue weighted by molar-refractivity contribution is 5.15. The SMILES string of the molecule is CC(C)(C)N1CC2(CCC2)C1.CC(C)(C)N1CC2(CCC2)C1.CC(C)(C)N1CC2(CCC2)C1.CC(C)(C)N1CCC2(CCC2)C1.CC(C)(C)N1CCC2(CCC2)C1.CC(C)(C)N1CCC2(CN2)C1.CC(C)(C)N1CCC2(CNC2)C1.CC(C)(C)N1CCC2(COC2)C1.CN1CC12CCN(C(C)(C)C)C2.CN1CC2(C1)CN(C(C)(C)C)C2.CN1CC2(CCN(C(C)(C)C)C2)C1. The molecule has 0 bridgehead atoms. The van der Waals surface area contributed by atoms with Crippen molar-refractivity contribution in [3.05, 3.63) is 0 Å². The van der Waals surface area contributed by atoms with Crippen LogP contribution in [0.4, 0.5) is 0 Å². The van der Waals surface area contributed by atoms with Gasteiger partial charge in [0.25, 0.3) is 0 Å². The van der Waals surface area contributed by atoms with Crippen LogP contribution >= 0.6 is 0 Å². The molecule has 0 aromatic rings. The van der Waals surface area contributed by atoms with Crippen LogP contribution in [0.3, 0.4) is 0 Å². The first kappa shape index (κ1) is 107. The highest BCUT2D eigenvalue weighted by atomic mass is 16.5. The molecule has 5 saturated carbocycles. The second kappa shape index (κ2) is 38.3. The number of nitrogens with one attached hydrogen (secondary N) is 2. The molecule has 2 N–H and O–H groups in total. The molecule has 17 saturated heterocycles. The number of nitrogens with zero attached hydrogens (tertiary/aromatic N) is 14. The van der Waals surface area contributed by atoms with Crippen molar-refractivity contribution in [2.45, 2.75) is 442 Å². The molecule has 17 nitrogen and oxygen atoms in total. The van der Waals surface area contributed by atoms with Crippen LogP contribution in [0.15, 0.2) is 0 Å². The fourth-order valence-electron chi connectivity index (χ4n) is 25.8. The van der Waals surface area contributed by atoms with E-state index in [1.165, 1.54) is 338 Å². The first-order valence-electron chi connectivity index (χ1n) is 54.3. The van der Waals surface area contributed by atoms with Crippen molar-refractivity contribution < 1.29 is 4.74 Å². The molecule has 0 amide bonds. The summed E-state index contributed by atoms with van der Waals surface area (Å²) in [7, 11) is 6.68. The molecule has 22 aliphatic rings. The highest BCUT2D eigenvalue weighted by Gasteiger charge is 2.59. The maximum atomic E-state index is 5.29. The van der Waals surface area contributed by atoms with Crippen molar-refractivity contribution in [2.75, 3.05) is 231 Å². The Morgan fingerprint density at radius 2 is 0.411 bits per heavy atom. The predicted molar refractivity (Wildman–Crippen MR) is 553 cm³/mol. The smallest absolute Gasteiger partial charge is 0.0557 e. The molecule has 17 heteroatoms. The lowest BCUT2D eigenvalue weighted by molar-refractivity contribution is -0.136. The Labute approximate surface area is 800 Å². The molecule has 0 aromatic heterocycles. The van der Waals surface area contributed by atoms with E-state index in [2.05, 4.69) is 329 Å². The molecule has 752 valence electrons. The van der Waals surface area contributed by atoms with E-state index in [0.717, 1.165) is 40.3 Å². The summed E-state index contributed by atoms with van der Waals surface area (Å²) in [6.07, 6.45) is 32.2. The normalized spacial score (nSPS) is 31.5. The van der Waals surface area contributed by atoms with Gasteiger partial charge in [-0.15, -0.1) is 0 Å². The van der Waals surface area contributed by atoms with E-state index in [0.29, 0.717) is 93.7 Å². The van der Waals surface area contributed by atoms with Crippen LogP contribution in [0.2, 0.25) is 0 Å². The molecule has 3 atom stereocenters. The Bertz CT molecular complexity index is 3190. The third kappa shape index (κ3) is 27.0. The van der Waals surface area contributed by atoms with Crippen molar-refractivity contribution in [1.82, 2.24) is 79.2 Å². The van der Waals surface area contributed by atoms with Crippen LogP contribution in [0.5, 0.6) is 0 Å². The molecule has 17 aliphatic heterocycles.